The number of aryl methyl sites for hydroxylation is 2. The lowest BCUT2D eigenvalue weighted by Gasteiger charge is -2.18. The highest BCUT2D eigenvalue weighted by molar-refractivity contribution is 5.79. The van der Waals surface area contributed by atoms with Crippen LogP contribution in [0.2, 0.25) is 0 Å². The summed E-state index contributed by atoms with van der Waals surface area (Å²) in [5, 5.41) is 6.73. The van der Waals surface area contributed by atoms with E-state index in [4.69, 9.17) is 14.2 Å². The van der Waals surface area contributed by atoms with Gasteiger partial charge in [-0.05, 0) is 42.7 Å². The Labute approximate surface area is 173 Å². The Hall–Kier alpha value is -2.73. The summed E-state index contributed by atoms with van der Waals surface area (Å²) in [7, 11) is 3.46. The van der Waals surface area contributed by atoms with E-state index in [1.165, 1.54) is 5.56 Å². The van der Waals surface area contributed by atoms with Gasteiger partial charge in [-0.3, -0.25) is 4.99 Å². The van der Waals surface area contributed by atoms with Crippen molar-refractivity contribution in [2.75, 3.05) is 27.4 Å². The minimum atomic E-state index is 0.129. The van der Waals surface area contributed by atoms with Gasteiger partial charge in [-0.15, -0.1) is 0 Å². The van der Waals surface area contributed by atoms with Gasteiger partial charge >= 0.3 is 0 Å². The third-order valence-corrected chi connectivity index (χ3v) is 5.01. The van der Waals surface area contributed by atoms with E-state index >= 15 is 0 Å². The molecule has 1 atom stereocenters. The molecule has 0 amide bonds. The van der Waals surface area contributed by atoms with Crippen LogP contribution < -0.4 is 20.1 Å². The fourth-order valence-corrected chi connectivity index (χ4v) is 3.26. The molecular formula is C23H31N3O3. The maximum atomic E-state index is 6.18. The van der Waals surface area contributed by atoms with Crippen LogP contribution in [0.15, 0.2) is 41.4 Å². The van der Waals surface area contributed by atoms with E-state index in [1.807, 2.05) is 13.0 Å². The lowest BCUT2D eigenvalue weighted by Crippen LogP contribution is -2.36. The standard InChI is InChI=1S/C23H31N3O3/c1-16-5-8-19(22(11-16)29-20-9-10-28-15-20)14-26-23(24-3)25-13-18-7-6-17(2)21(12-18)27-4/h5-8,11-12,20H,9-10,13-15H2,1-4H3,(H2,24,25,26). The van der Waals surface area contributed by atoms with Crippen molar-refractivity contribution in [3.63, 3.8) is 0 Å². The van der Waals surface area contributed by atoms with Gasteiger partial charge in [0, 0.05) is 32.1 Å². The first-order valence-electron chi connectivity index (χ1n) is 10.0. The topological polar surface area (TPSA) is 64.1 Å². The molecule has 1 aliphatic heterocycles. The molecule has 6 heteroatoms. The third-order valence-electron chi connectivity index (χ3n) is 5.01. The summed E-state index contributed by atoms with van der Waals surface area (Å²) in [6.07, 6.45) is 1.06. The minimum absolute atomic E-state index is 0.129. The van der Waals surface area contributed by atoms with Crippen molar-refractivity contribution in [3.05, 3.63) is 58.7 Å². The first-order valence-corrected chi connectivity index (χ1v) is 10.0. The van der Waals surface area contributed by atoms with Gasteiger partial charge < -0.3 is 24.8 Å². The summed E-state index contributed by atoms with van der Waals surface area (Å²) in [5.74, 6) is 2.54. The Balaban J connectivity index is 1.59. The molecule has 1 saturated heterocycles. The molecule has 0 aliphatic carbocycles. The molecule has 2 N–H and O–H groups in total. The zero-order valence-electron chi connectivity index (χ0n) is 17.7. The van der Waals surface area contributed by atoms with Crippen molar-refractivity contribution in [1.29, 1.82) is 0 Å². The van der Waals surface area contributed by atoms with Gasteiger partial charge in [0.1, 0.15) is 17.6 Å². The average molecular weight is 398 g/mol. The van der Waals surface area contributed by atoms with Gasteiger partial charge in [0.15, 0.2) is 5.96 Å². The lowest BCUT2D eigenvalue weighted by molar-refractivity contribution is 0.140. The Morgan fingerprint density at radius 3 is 2.66 bits per heavy atom. The molecule has 0 bridgehead atoms. The normalized spacial score (nSPS) is 16.6. The summed E-state index contributed by atoms with van der Waals surface area (Å²) in [6.45, 7) is 6.82. The van der Waals surface area contributed by atoms with Crippen molar-refractivity contribution in [2.45, 2.75) is 39.5 Å². The molecule has 0 saturated carbocycles. The third kappa shape index (κ3) is 5.87. The summed E-state index contributed by atoms with van der Waals surface area (Å²) in [6, 6.07) is 12.5. The molecule has 1 heterocycles. The SMILES string of the molecule is CN=C(NCc1ccc(C)c(OC)c1)NCc1ccc(C)cc1OC1CCOC1. The molecule has 2 aromatic carbocycles. The maximum Gasteiger partial charge on any atom is 0.191 e. The second-order valence-electron chi connectivity index (χ2n) is 7.30. The van der Waals surface area contributed by atoms with E-state index in [1.54, 1.807) is 14.2 Å². The van der Waals surface area contributed by atoms with Crippen molar-refractivity contribution in [2.24, 2.45) is 4.99 Å². The Morgan fingerprint density at radius 2 is 1.93 bits per heavy atom. The Morgan fingerprint density at radius 1 is 1.10 bits per heavy atom. The Bertz CT molecular complexity index is 845. The van der Waals surface area contributed by atoms with Gasteiger partial charge in [0.25, 0.3) is 0 Å². The van der Waals surface area contributed by atoms with Crippen LogP contribution in [0.5, 0.6) is 11.5 Å². The number of hydrogen-bond acceptors (Lipinski definition) is 4. The number of hydrogen-bond donors (Lipinski definition) is 2. The fraction of sp³-hybridized carbons (Fsp3) is 0.435. The highest BCUT2D eigenvalue weighted by atomic mass is 16.5. The maximum absolute atomic E-state index is 6.18. The summed E-state index contributed by atoms with van der Waals surface area (Å²) >= 11 is 0. The molecule has 0 aromatic heterocycles. The molecule has 3 rings (SSSR count). The zero-order valence-corrected chi connectivity index (χ0v) is 17.7. The first-order chi connectivity index (χ1) is 14.1. The predicted molar refractivity (Wildman–Crippen MR) is 116 cm³/mol. The number of aliphatic imine (C=N–C) groups is 1. The quantitative estimate of drug-likeness (QED) is 0.554. The van der Waals surface area contributed by atoms with Crippen LogP contribution in [-0.4, -0.2) is 39.4 Å². The molecule has 0 spiro atoms. The number of nitrogens with zero attached hydrogens (tertiary/aromatic N) is 1. The highest BCUT2D eigenvalue weighted by Crippen LogP contribution is 2.24. The van der Waals surface area contributed by atoms with E-state index < -0.39 is 0 Å². The molecule has 1 aliphatic rings. The smallest absolute Gasteiger partial charge is 0.191 e. The second-order valence-corrected chi connectivity index (χ2v) is 7.30. The van der Waals surface area contributed by atoms with E-state index in [0.29, 0.717) is 19.7 Å². The predicted octanol–water partition coefficient (Wildman–Crippen LogP) is 3.34. The number of methoxy groups -OCH3 is 1. The van der Waals surface area contributed by atoms with Crippen LogP contribution in [0.1, 0.15) is 28.7 Å². The Kier molecular flexibility index (Phi) is 7.36. The van der Waals surface area contributed by atoms with E-state index in [2.05, 4.69) is 52.9 Å². The monoisotopic (exact) mass is 397 g/mol. The number of benzene rings is 2. The van der Waals surface area contributed by atoms with Crippen molar-refractivity contribution in [3.8, 4) is 11.5 Å². The van der Waals surface area contributed by atoms with Crippen LogP contribution in [-0.2, 0) is 17.8 Å². The number of guanidine groups is 1. The van der Waals surface area contributed by atoms with E-state index in [-0.39, 0.29) is 6.10 Å². The molecule has 6 nitrogen and oxygen atoms in total. The number of nitrogens with one attached hydrogen (secondary N) is 2. The molecule has 0 radical (unpaired) electrons. The van der Waals surface area contributed by atoms with Gasteiger partial charge in [-0.25, -0.2) is 0 Å². The summed E-state index contributed by atoms with van der Waals surface area (Å²) < 4.78 is 17.0. The van der Waals surface area contributed by atoms with E-state index in [0.717, 1.165) is 47.2 Å². The lowest BCUT2D eigenvalue weighted by atomic mass is 10.1. The van der Waals surface area contributed by atoms with Crippen molar-refractivity contribution >= 4 is 5.96 Å². The van der Waals surface area contributed by atoms with Crippen LogP contribution in [0.25, 0.3) is 0 Å². The van der Waals surface area contributed by atoms with Crippen LogP contribution in [0.4, 0.5) is 0 Å². The summed E-state index contributed by atoms with van der Waals surface area (Å²) in [5.41, 5.74) is 4.54. The second kappa shape index (κ2) is 10.2. The molecule has 1 fully saturated rings. The molecule has 1 unspecified atom stereocenters. The zero-order chi connectivity index (χ0) is 20.6. The molecule has 156 valence electrons. The van der Waals surface area contributed by atoms with Crippen molar-refractivity contribution < 1.29 is 14.2 Å². The van der Waals surface area contributed by atoms with Gasteiger partial charge in [-0.2, -0.15) is 0 Å². The molecular weight excluding hydrogens is 366 g/mol. The van der Waals surface area contributed by atoms with Crippen LogP contribution >= 0.6 is 0 Å². The van der Waals surface area contributed by atoms with E-state index in [9.17, 15) is 0 Å². The average Bonchev–Trinajstić information content (AvgIpc) is 3.23. The highest BCUT2D eigenvalue weighted by Gasteiger charge is 2.18. The van der Waals surface area contributed by atoms with Gasteiger partial charge in [0.2, 0.25) is 0 Å². The van der Waals surface area contributed by atoms with Gasteiger partial charge in [0.05, 0.1) is 20.3 Å². The minimum Gasteiger partial charge on any atom is -0.496 e. The molecule has 29 heavy (non-hydrogen) atoms. The summed E-state index contributed by atoms with van der Waals surface area (Å²) in [4.78, 5) is 4.33. The number of ether oxygens (including phenoxy) is 3. The molecule has 2 aromatic rings. The number of rotatable bonds is 7. The van der Waals surface area contributed by atoms with Crippen molar-refractivity contribution in [1.82, 2.24) is 10.6 Å². The van der Waals surface area contributed by atoms with Crippen LogP contribution in [0, 0.1) is 13.8 Å². The fourth-order valence-electron chi connectivity index (χ4n) is 3.26. The van der Waals surface area contributed by atoms with Crippen LogP contribution in [0.3, 0.4) is 0 Å². The van der Waals surface area contributed by atoms with Gasteiger partial charge in [-0.1, -0.05) is 24.3 Å². The first kappa shape index (κ1) is 21.0. The largest absolute Gasteiger partial charge is 0.496 e.